The summed E-state index contributed by atoms with van der Waals surface area (Å²) in [5.41, 5.74) is -0.502. The molecule has 122 valence electrons. The van der Waals surface area contributed by atoms with Crippen molar-refractivity contribution in [3.63, 3.8) is 0 Å². The summed E-state index contributed by atoms with van der Waals surface area (Å²) in [5, 5.41) is 9.87. The number of halogens is 1. The minimum Gasteiger partial charge on any atom is -0.481 e. The highest BCUT2D eigenvalue weighted by atomic mass is 35.5. The maximum Gasteiger partial charge on any atom is 0.314 e. The van der Waals surface area contributed by atoms with Gasteiger partial charge in [-0.2, -0.15) is 11.8 Å². The molecule has 0 aliphatic carbocycles. The SMILES string of the molecule is CC(C(=O)O)(c1ccc(S(C)(=O)=O)c(Cl)c1)[C@H]1CCCSC1. The van der Waals surface area contributed by atoms with Crippen molar-refractivity contribution in [1.82, 2.24) is 0 Å². The molecule has 1 N–H and O–H groups in total. The van der Waals surface area contributed by atoms with Crippen LogP contribution in [0.3, 0.4) is 0 Å². The van der Waals surface area contributed by atoms with Gasteiger partial charge in [0.1, 0.15) is 0 Å². The molecule has 0 spiro atoms. The topological polar surface area (TPSA) is 71.4 Å². The molecular formula is C15H19ClO4S2. The van der Waals surface area contributed by atoms with Crippen molar-refractivity contribution in [2.75, 3.05) is 17.8 Å². The minimum absolute atomic E-state index is 0.00361. The van der Waals surface area contributed by atoms with Gasteiger partial charge in [-0.1, -0.05) is 17.7 Å². The summed E-state index contributed by atoms with van der Waals surface area (Å²) >= 11 is 7.85. The largest absolute Gasteiger partial charge is 0.481 e. The number of carboxylic acids is 1. The van der Waals surface area contributed by atoms with Gasteiger partial charge in [-0.3, -0.25) is 4.79 Å². The predicted octanol–water partition coefficient (Wildman–Crippen LogP) is 3.23. The van der Waals surface area contributed by atoms with E-state index in [4.69, 9.17) is 11.6 Å². The van der Waals surface area contributed by atoms with Crippen molar-refractivity contribution in [3.05, 3.63) is 28.8 Å². The van der Waals surface area contributed by atoms with Crippen LogP contribution in [0.1, 0.15) is 25.3 Å². The molecule has 7 heteroatoms. The van der Waals surface area contributed by atoms with Crippen LogP contribution in [0.25, 0.3) is 0 Å². The number of hydrogen-bond acceptors (Lipinski definition) is 4. The lowest BCUT2D eigenvalue weighted by molar-refractivity contribution is -0.145. The Bertz CT molecular complexity index is 681. The zero-order valence-electron chi connectivity index (χ0n) is 12.5. The van der Waals surface area contributed by atoms with E-state index in [1.54, 1.807) is 24.8 Å². The quantitative estimate of drug-likeness (QED) is 0.890. The van der Waals surface area contributed by atoms with Gasteiger partial charge >= 0.3 is 5.97 Å². The standard InChI is InChI=1S/C15H19ClO4S2/c1-15(14(17)18,11-4-3-7-21-9-11)10-5-6-13(12(16)8-10)22(2,19)20/h5-6,8,11H,3-4,7,9H2,1-2H3,(H,17,18)/t11-,15?/m0/s1. The molecular weight excluding hydrogens is 344 g/mol. The molecule has 1 aromatic carbocycles. The summed E-state index contributed by atoms with van der Waals surface area (Å²) in [6.07, 6.45) is 2.93. The number of carboxylic acid groups (broad SMARTS) is 1. The summed E-state index contributed by atoms with van der Waals surface area (Å²) in [7, 11) is -3.42. The molecule has 1 heterocycles. The van der Waals surface area contributed by atoms with Crippen LogP contribution in [0.5, 0.6) is 0 Å². The number of benzene rings is 1. The van der Waals surface area contributed by atoms with Crippen LogP contribution in [0.2, 0.25) is 5.02 Å². The Morgan fingerprint density at radius 2 is 2.14 bits per heavy atom. The summed E-state index contributed by atoms with van der Waals surface area (Å²) in [5.74, 6) is 0.945. The van der Waals surface area contributed by atoms with Crippen LogP contribution < -0.4 is 0 Å². The lowest BCUT2D eigenvalue weighted by atomic mass is 9.70. The number of thioether (sulfide) groups is 1. The molecule has 0 saturated carbocycles. The second-order valence-corrected chi connectivity index (χ2v) is 9.38. The molecule has 1 unspecified atom stereocenters. The van der Waals surface area contributed by atoms with E-state index in [1.165, 1.54) is 12.1 Å². The number of carbonyl (C=O) groups is 1. The van der Waals surface area contributed by atoms with Gasteiger partial charge in [0.25, 0.3) is 0 Å². The third-order valence-corrected chi connectivity index (χ3v) is 7.15. The highest BCUT2D eigenvalue weighted by Gasteiger charge is 2.43. The first-order chi connectivity index (χ1) is 10.2. The van der Waals surface area contributed by atoms with Crippen molar-refractivity contribution in [3.8, 4) is 0 Å². The first-order valence-corrected chi connectivity index (χ1v) is 10.4. The van der Waals surface area contributed by atoms with Gasteiger partial charge in [0.15, 0.2) is 9.84 Å². The highest BCUT2D eigenvalue weighted by Crippen LogP contribution is 2.41. The number of aliphatic carboxylic acids is 1. The van der Waals surface area contributed by atoms with Gasteiger partial charge in [0.05, 0.1) is 15.3 Å². The van der Waals surface area contributed by atoms with Crippen LogP contribution in [-0.2, 0) is 20.0 Å². The van der Waals surface area contributed by atoms with Crippen molar-refractivity contribution in [2.45, 2.75) is 30.1 Å². The van der Waals surface area contributed by atoms with Crippen LogP contribution in [0.15, 0.2) is 23.1 Å². The Kier molecular flexibility index (Phi) is 5.14. The normalized spacial score (nSPS) is 22.0. The van der Waals surface area contributed by atoms with Crippen molar-refractivity contribution < 1.29 is 18.3 Å². The molecule has 1 aliphatic heterocycles. The van der Waals surface area contributed by atoms with E-state index in [-0.39, 0.29) is 15.8 Å². The molecule has 0 amide bonds. The molecule has 2 atom stereocenters. The van der Waals surface area contributed by atoms with Crippen LogP contribution in [0, 0.1) is 5.92 Å². The van der Waals surface area contributed by atoms with Gasteiger partial charge in [0.2, 0.25) is 0 Å². The smallest absolute Gasteiger partial charge is 0.314 e. The zero-order valence-corrected chi connectivity index (χ0v) is 14.9. The second kappa shape index (κ2) is 6.42. The molecule has 1 saturated heterocycles. The average Bonchev–Trinajstić information content (AvgIpc) is 2.45. The minimum atomic E-state index is -3.42. The molecule has 2 rings (SSSR count). The molecule has 4 nitrogen and oxygen atoms in total. The molecule has 1 aromatic rings. The third kappa shape index (κ3) is 3.29. The Morgan fingerprint density at radius 3 is 2.59 bits per heavy atom. The number of hydrogen-bond donors (Lipinski definition) is 1. The summed E-state index contributed by atoms with van der Waals surface area (Å²) in [6.45, 7) is 1.71. The molecule has 1 fully saturated rings. The summed E-state index contributed by atoms with van der Waals surface area (Å²) in [4.78, 5) is 12.0. The lowest BCUT2D eigenvalue weighted by Gasteiger charge is -2.36. The van der Waals surface area contributed by atoms with Crippen molar-refractivity contribution in [2.24, 2.45) is 5.92 Å². The van der Waals surface area contributed by atoms with E-state index >= 15 is 0 Å². The molecule has 0 radical (unpaired) electrons. The van der Waals surface area contributed by atoms with E-state index in [0.717, 1.165) is 30.6 Å². The predicted molar refractivity (Wildman–Crippen MR) is 89.6 cm³/mol. The average molecular weight is 363 g/mol. The van der Waals surface area contributed by atoms with E-state index < -0.39 is 21.2 Å². The van der Waals surface area contributed by atoms with Crippen LogP contribution in [0.4, 0.5) is 0 Å². The summed E-state index contributed by atoms with van der Waals surface area (Å²) < 4.78 is 23.3. The van der Waals surface area contributed by atoms with Gasteiger partial charge < -0.3 is 5.11 Å². The Balaban J connectivity index is 2.50. The Morgan fingerprint density at radius 1 is 1.45 bits per heavy atom. The second-order valence-electron chi connectivity index (χ2n) is 5.84. The zero-order chi connectivity index (χ0) is 16.5. The number of rotatable bonds is 4. The molecule has 22 heavy (non-hydrogen) atoms. The van der Waals surface area contributed by atoms with Crippen LogP contribution >= 0.6 is 23.4 Å². The lowest BCUT2D eigenvalue weighted by Crippen LogP contribution is -2.42. The maximum absolute atomic E-state index is 11.9. The monoisotopic (exact) mass is 362 g/mol. The van der Waals surface area contributed by atoms with Gasteiger partial charge in [-0.15, -0.1) is 0 Å². The Labute approximate surface area is 140 Å². The first kappa shape index (κ1) is 17.6. The molecule has 0 aromatic heterocycles. The van der Waals surface area contributed by atoms with Gasteiger partial charge in [-0.25, -0.2) is 8.42 Å². The van der Waals surface area contributed by atoms with E-state index in [1.807, 2.05) is 0 Å². The third-order valence-electron chi connectivity index (χ3n) is 4.35. The fourth-order valence-electron chi connectivity index (χ4n) is 2.85. The molecule has 0 bridgehead atoms. The highest BCUT2D eigenvalue weighted by molar-refractivity contribution is 7.99. The van der Waals surface area contributed by atoms with E-state index in [9.17, 15) is 18.3 Å². The van der Waals surface area contributed by atoms with Crippen molar-refractivity contribution in [1.29, 1.82) is 0 Å². The fourth-order valence-corrected chi connectivity index (χ4v) is 5.51. The van der Waals surface area contributed by atoms with E-state index in [0.29, 0.717) is 5.56 Å². The molecule has 1 aliphatic rings. The maximum atomic E-state index is 11.9. The van der Waals surface area contributed by atoms with Crippen LogP contribution in [-0.4, -0.2) is 37.3 Å². The number of sulfone groups is 1. The van der Waals surface area contributed by atoms with E-state index in [2.05, 4.69) is 0 Å². The Hall–Kier alpha value is -0.720. The summed E-state index contributed by atoms with van der Waals surface area (Å²) in [6, 6.07) is 4.48. The first-order valence-electron chi connectivity index (χ1n) is 6.98. The fraction of sp³-hybridized carbons (Fsp3) is 0.533. The van der Waals surface area contributed by atoms with Gasteiger partial charge in [-0.05, 0) is 54.9 Å². The van der Waals surface area contributed by atoms with Crippen molar-refractivity contribution >= 4 is 39.2 Å². The van der Waals surface area contributed by atoms with Gasteiger partial charge in [0, 0.05) is 6.26 Å².